The minimum atomic E-state index is -0.661. The van der Waals surface area contributed by atoms with Gasteiger partial charge in [0.25, 0.3) is 5.91 Å². The van der Waals surface area contributed by atoms with Crippen LogP contribution in [0.4, 0.5) is 5.88 Å². The fourth-order valence-electron chi connectivity index (χ4n) is 2.56. The molecular weight excluding hydrogens is 316 g/mol. The summed E-state index contributed by atoms with van der Waals surface area (Å²) in [6, 6.07) is 17.2. The van der Waals surface area contributed by atoms with Crippen LogP contribution in [-0.4, -0.2) is 17.2 Å². The van der Waals surface area contributed by atoms with E-state index in [1.807, 2.05) is 56.3 Å². The molecule has 3 rings (SSSR count). The molecule has 0 radical (unpaired) electrons. The largest absolute Gasteiger partial charge is 0.481 e. The van der Waals surface area contributed by atoms with Gasteiger partial charge in [-0.3, -0.25) is 10.1 Å². The van der Waals surface area contributed by atoms with E-state index in [1.165, 1.54) is 0 Å². The molecule has 5 heteroatoms. The second kappa shape index (κ2) is 7.21. The predicted octanol–water partition coefficient (Wildman–Crippen LogP) is 4.36. The maximum absolute atomic E-state index is 12.3. The first-order valence-corrected chi connectivity index (χ1v) is 8.09. The van der Waals surface area contributed by atoms with Gasteiger partial charge in [0.1, 0.15) is 11.4 Å². The predicted molar refractivity (Wildman–Crippen MR) is 96.6 cm³/mol. The van der Waals surface area contributed by atoms with Crippen LogP contribution in [0.1, 0.15) is 18.1 Å². The Morgan fingerprint density at radius 2 is 1.76 bits per heavy atom. The zero-order chi connectivity index (χ0) is 17.8. The van der Waals surface area contributed by atoms with E-state index in [0.29, 0.717) is 17.3 Å². The van der Waals surface area contributed by atoms with Crippen LogP contribution < -0.4 is 10.1 Å². The van der Waals surface area contributed by atoms with Gasteiger partial charge in [-0.2, -0.15) is 0 Å². The Labute approximate surface area is 146 Å². The van der Waals surface area contributed by atoms with Crippen LogP contribution in [0.2, 0.25) is 0 Å². The molecule has 1 N–H and O–H groups in total. The quantitative estimate of drug-likeness (QED) is 0.751. The molecule has 0 saturated carbocycles. The molecule has 1 atom stereocenters. The third-order valence-electron chi connectivity index (χ3n) is 3.70. The van der Waals surface area contributed by atoms with Crippen molar-refractivity contribution in [1.29, 1.82) is 0 Å². The second-order valence-electron chi connectivity index (χ2n) is 6.02. The first kappa shape index (κ1) is 16.8. The van der Waals surface area contributed by atoms with Crippen LogP contribution in [0.25, 0.3) is 11.3 Å². The standard InChI is InChI=1S/C20H20N2O3/c1-13-9-14(2)11-17(10-13)24-15(3)20(23)21-19-12-18(22-25-19)16-7-5-4-6-8-16/h4-12,15H,1-3H3,(H,21,23)/t15-/m0/s1. The summed E-state index contributed by atoms with van der Waals surface area (Å²) >= 11 is 0. The summed E-state index contributed by atoms with van der Waals surface area (Å²) < 4.78 is 10.9. The van der Waals surface area contributed by atoms with E-state index in [-0.39, 0.29) is 5.91 Å². The molecule has 5 nitrogen and oxygen atoms in total. The van der Waals surface area contributed by atoms with Crippen molar-refractivity contribution in [2.24, 2.45) is 0 Å². The highest BCUT2D eigenvalue weighted by Crippen LogP contribution is 2.22. The average molecular weight is 336 g/mol. The molecule has 0 unspecified atom stereocenters. The van der Waals surface area contributed by atoms with E-state index in [0.717, 1.165) is 16.7 Å². The highest BCUT2D eigenvalue weighted by molar-refractivity contribution is 5.93. The van der Waals surface area contributed by atoms with Crippen molar-refractivity contribution < 1.29 is 14.1 Å². The van der Waals surface area contributed by atoms with Gasteiger partial charge >= 0.3 is 0 Å². The van der Waals surface area contributed by atoms with Crippen molar-refractivity contribution in [2.75, 3.05) is 5.32 Å². The molecule has 0 aliphatic heterocycles. The number of carbonyl (C=O) groups excluding carboxylic acids is 1. The molecule has 1 aromatic heterocycles. The normalized spacial score (nSPS) is 11.8. The van der Waals surface area contributed by atoms with Gasteiger partial charge < -0.3 is 9.26 Å². The lowest BCUT2D eigenvalue weighted by Gasteiger charge is -2.14. The molecule has 0 fully saturated rings. The minimum Gasteiger partial charge on any atom is -0.481 e. The van der Waals surface area contributed by atoms with Crippen LogP contribution in [0.3, 0.4) is 0 Å². The number of rotatable bonds is 5. The molecule has 0 aliphatic carbocycles. The Morgan fingerprint density at radius 3 is 2.44 bits per heavy atom. The van der Waals surface area contributed by atoms with Crippen LogP contribution in [0.5, 0.6) is 5.75 Å². The number of aryl methyl sites for hydroxylation is 2. The molecule has 1 heterocycles. The molecule has 1 amide bonds. The first-order valence-electron chi connectivity index (χ1n) is 8.09. The van der Waals surface area contributed by atoms with E-state index < -0.39 is 6.10 Å². The van der Waals surface area contributed by atoms with Gasteiger partial charge in [-0.15, -0.1) is 0 Å². The SMILES string of the molecule is Cc1cc(C)cc(O[C@@H](C)C(=O)Nc2cc(-c3ccccc3)no2)c1. The van der Waals surface area contributed by atoms with Crippen molar-refractivity contribution in [3.05, 3.63) is 65.7 Å². The third-order valence-corrected chi connectivity index (χ3v) is 3.70. The summed E-state index contributed by atoms with van der Waals surface area (Å²) in [5, 5.41) is 6.66. The van der Waals surface area contributed by atoms with Crippen LogP contribution in [0, 0.1) is 13.8 Å². The zero-order valence-corrected chi connectivity index (χ0v) is 14.4. The summed E-state index contributed by atoms with van der Waals surface area (Å²) in [4.78, 5) is 12.3. The minimum absolute atomic E-state index is 0.291. The molecule has 2 aromatic carbocycles. The molecule has 25 heavy (non-hydrogen) atoms. The Bertz CT molecular complexity index is 851. The Hall–Kier alpha value is -3.08. The van der Waals surface area contributed by atoms with Crippen molar-refractivity contribution in [1.82, 2.24) is 5.16 Å². The monoisotopic (exact) mass is 336 g/mol. The summed E-state index contributed by atoms with van der Waals surface area (Å²) in [6.07, 6.45) is -0.661. The lowest BCUT2D eigenvalue weighted by molar-refractivity contribution is -0.122. The fraction of sp³-hybridized carbons (Fsp3) is 0.200. The van der Waals surface area contributed by atoms with Crippen molar-refractivity contribution in [3.8, 4) is 17.0 Å². The Morgan fingerprint density at radius 1 is 1.08 bits per heavy atom. The number of hydrogen-bond acceptors (Lipinski definition) is 4. The maximum Gasteiger partial charge on any atom is 0.267 e. The third kappa shape index (κ3) is 4.26. The van der Waals surface area contributed by atoms with Crippen molar-refractivity contribution >= 4 is 11.8 Å². The molecule has 0 spiro atoms. The molecule has 0 saturated heterocycles. The Balaban J connectivity index is 1.64. The molecule has 3 aromatic rings. The molecule has 0 aliphatic rings. The second-order valence-corrected chi connectivity index (χ2v) is 6.02. The lowest BCUT2D eigenvalue weighted by atomic mass is 10.1. The van der Waals surface area contributed by atoms with E-state index in [4.69, 9.17) is 9.26 Å². The number of ether oxygens (including phenoxy) is 1. The number of carbonyl (C=O) groups is 1. The van der Waals surface area contributed by atoms with E-state index in [1.54, 1.807) is 13.0 Å². The molecule has 128 valence electrons. The number of benzene rings is 2. The molecular formula is C20H20N2O3. The topological polar surface area (TPSA) is 64.4 Å². The van der Waals surface area contributed by atoms with E-state index >= 15 is 0 Å². The zero-order valence-electron chi connectivity index (χ0n) is 14.4. The number of aromatic nitrogens is 1. The van der Waals surface area contributed by atoms with E-state index in [9.17, 15) is 4.79 Å². The van der Waals surface area contributed by atoms with Crippen LogP contribution >= 0.6 is 0 Å². The number of amides is 1. The number of anilines is 1. The van der Waals surface area contributed by atoms with Gasteiger partial charge in [0, 0.05) is 11.6 Å². The van der Waals surface area contributed by atoms with Crippen LogP contribution in [0.15, 0.2) is 59.1 Å². The highest BCUT2D eigenvalue weighted by Gasteiger charge is 2.17. The van der Waals surface area contributed by atoms with Gasteiger partial charge in [0.05, 0.1) is 0 Å². The summed E-state index contributed by atoms with van der Waals surface area (Å²) in [6.45, 7) is 5.68. The van der Waals surface area contributed by atoms with Crippen molar-refractivity contribution in [3.63, 3.8) is 0 Å². The number of nitrogens with zero attached hydrogens (tertiary/aromatic N) is 1. The summed E-state index contributed by atoms with van der Waals surface area (Å²) in [7, 11) is 0. The first-order chi connectivity index (χ1) is 12.0. The smallest absolute Gasteiger partial charge is 0.267 e. The maximum atomic E-state index is 12.3. The van der Waals surface area contributed by atoms with Gasteiger partial charge in [0.15, 0.2) is 6.10 Å². The van der Waals surface area contributed by atoms with Gasteiger partial charge in [-0.1, -0.05) is 41.6 Å². The fourth-order valence-corrected chi connectivity index (χ4v) is 2.56. The van der Waals surface area contributed by atoms with Gasteiger partial charge in [0.2, 0.25) is 5.88 Å². The average Bonchev–Trinajstić information content (AvgIpc) is 3.03. The molecule has 0 bridgehead atoms. The van der Waals surface area contributed by atoms with Gasteiger partial charge in [-0.05, 0) is 44.0 Å². The highest BCUT2D eigenvalue weighted by atomic mass is 16.5. The van der Waals surface area contributed by atoms with E-state index in [2.05, 4.69) is 16.5 Å². The Kier molecular flexibility index (Phi) is 4.84. The van der Waals surface area contributed by atoms with Crippen molar-refractivity contribution in [2.45, 2.75) is 26.9 Å². The lowest BCUT2D eigenvalue weighted by Crippen LogP contribution is -2.30. The summed E-state index contributed by atoms with van der Waals surface area (Å²) in [5.74, 6) is 0.664. The summed E-state index contributed by atoms with van der Waals surface area (Å²) in [5.41, 5.74) is 3.76. The van der Waals surface area contributed by atoms with Gasteiger partial charge in [-0.25, -0.2) is 0 Å². The number of hydrogen-bond donors (Lipinski definition) is 1. The van der Waals surface area contributed by atoms with Crippen LogP contribution in [-0.2, 0) is 4.79 Å². The number of nitrogens with one attached hydrogen (secondary N) is 1.